The maximum Gasteiger partial charge on any atom is 0.229 e. The Kier molecular flexibility index (Phi) is 4.86. The van der Waals surface area contributed by atoms with E-state index in [2.05, 4.69) is 5.32 Å². The lowest BCUT2D eigenvalue weighted by molar-refractivity contribution is -0.122. The first kappa shape index (κ1) is 17.2. The van der Waals surface area contributed by atoms with Crippen LogP contribution < -0.4 is 10.2 Å². The van der Waals surface area contributed by atoms with Crippen LogP contribution in [0.3, 0.4) is 0 Å². The van der Waals surface area contributed by atoms with E-state index in [0.29, 0.717) is 28.5 Å². The Bertz CT molecular complexity index is 833. The summed E-state index contributed by atoms with van der Waals surface area (Å²) in [6.45, 7) is 1.75. The van der Waals surface area contributed by atoms with Gasteiger partial charge in [0.2, 0.25) is 11.8 Å². The summed E-state index contributed by atoms with van der Waals surface area (Å²) in [6.07, 6.45) is 0.136. The van der Waals surface area contributed by atoms with Crippen LogP contribution in [0.25, 0.3) is 0 Å². The number of benzene rings is 2. The quantitative estimate of drug-likeness (QED) is 0.852. The number of carbonyl (C=O) groups excluding carboxylic acids is 3. The van der Waals surface area contributed by atoms with Crippen molar-refractivity contribution in [1.82, 2.24) is 0 Å². The second kappa shape index (κ2) is 7.07. The molecule has 0 radical (unpaired) electrons. The molecule has 1 N–H and O–H groups in total. The van der Waals surface area contributed by atoms with Crippen molar-refractivity contribution in [3.63, 3.8) is 0 Å². The van der Waals surface area contributed by atoms with Crippen LogP contribution >= 0.6 is 11.6 Å². The number of rotatable bonds is 4. The lowest BCUT2D eigenvalue weighted by Crippen LogP contribution is -2.28. The Morgan fingerprint density at radius 3 is 2.48 bits per heavy atom. The summed E-state index contributed by atoms with van der Waals surface area (Å²) in [4.78, 5) is 38.0. The first-order valence-electron chi connectivity index (χ1n) is 7.92. The number of nitrogens with zero attached hydrogens (tertiary/aromatic N) is 1. The first-order valence-corrected chi connectivity index (χ1v) is 8.30. The molecule has 1 aliphatic heterocycles. The molecule has 1 atom stereocenters. The van der Waals surface area contributed by atoms with Crippen LogP contribution in [-0.4, -0.2) is 24.1 Å². The van der Waals surface area contributed by atoms with E-state index in [-0.39, 0.29) is 24.0 Å². The van der Waals surface area contributed by atoms with Gasteiger partial charge < -0.3 is 10.2 Å². The van der Waals surface area contributed by atoms with Gasteiger partial charge in [0.15, 0.2) is 5.78 Å². The van der Waals surface area contributed by atoms with Gasteiger partial charge in [0.05, 0.1) is 11.6 Å². The molecule has 2 aromatic carbocycles. The normalized spacial score (nSPS) is 16.8. The number of anilines is 2. The smallest absolute Gasteiger partial charge is 0.229 e. The molecule has 0 aliphatic carbocycles. The van der Waals surface area contributed by atoms with Crippen molar-refractivity contribution < 1.29 is 14.4 Å². The van der Waals surface area contributed by atoms with Crippen molar-refractivity contribution in [3.8, 4) is 0 Å². The Hall–Kier alpha value is -2.66. The number of hydrogen-bond donors (Lipinski definition) is 1. The summed E-state index contributed by atoms with van der Waals surface area (Å²) in [7, 11) is 0. The molecule has 0 saturated carbocycles. The minimum atomic E-state index is -0.469. The largest absolute Gasteiger partial charge is 0.325 e. The lowest BCUT2D eigenvalue weighted by atomic mass is 10.1. The molecule has 1 unspecified atom stereocenters. The molecule has 5 nitrogen and oxygen atoms in total. The van der Waals surface area contributed by atoms with Gasteiger partial charge in [0.25, 0.3) is 0 Å². The fraction of sp³-hybridized carbons (Fsp3) is 0.211. The number of amides is 2. The fourth-order valence-electron chi connectivity index (χ4n) is 2.89. The maximum atomic E-state index is 12.5. The van der Waals surface area contributed by atoms with Crippen LogP contribution in [0.1, 0.15) is 23.7 Å². The zero-order valence-electron chi connectivity index (χ0n) is 13.7. The Morgan fingerprint density at radius 1 is 1.12 bits per heavy atom. The highest BCUT2D eigenvalue weighted by Gasteiger charge is 2.35. The van der Waals surface area contributed by atoms with Crippen LogP contribution in [0.15, 0.2) is 48.5 Å². The minimum Gasteiger partial charge on any atom is -0.325 e. The number of carbonyl (C=O) groups is 3. The second-order valence-corrected chi connectivity index (χ2v) is 6.41. The molecule has 1 aliphatic rings. The predicted octanol–water partition coefficient (Wildman–Crippen LogP) is 3.53. The molecule has 6 heteroatoms. The van der Waals surface area contributed by atoms with E-state index >= 15 is 0 Å². The highest BCUT2D eigenvalue weighted by atomic mass is 35.5. The molecular weight excluding hydrogens is 340 g/mol. The zero-order valence-corrected chi connectivity index (χ0v) is 14.4. The molecule has 3 rings (SSSR count). The standard InChI is InChI=1S/C19H17ClN2O3/c1-12(23)16-4-2-3-5-17(16)21-19(25)13-10-18(24)22(11-13)15-8-6-14(20)7-9-15/h2-9,13H,10-11H2,1H3,(H,21,25). The van der Waals surface area contributed by atoms with Crippen molar-refractivity contribution in [3.05, 3.63) is 59.1 Å². The van der Waals surface area contributed by atoms with Crippen molar-refractivity contribution in [2.45, 2.75) is 13.3 Å². The van der Waals surface area contributed by atoms with Gasteiger partial charge in [-0.2, -0.15) is 0 Å². The summed E-state index contributed by atoms with van der Waals surface area (Å²) >= 11 is 5.87. The number of ketones is 1. The van der Waals surface area contributed by atoms with Gasteiger partial charge in [-0.15, -0.1) is 0 Å². The number of halogens is 1. The van der Waals surface area contributed by atoms with E-state index in [1.165, 1.54) is 6.92 Å². The number of hydrogen-bond acceptors (Lipinski definition) is 3. The van der Waals surface area contributed by atoms with Crippen LogP contribution in [0.5, 0.6) is 0 Å². The highest BCUT2D eigenvalue weighted by molar-refractivity contribution is 6.30. The molecule has 1 saturated heterocycles. The third kappa shape index (κ3) is 3.72. The van der Waals surface area contributed by atoms with Gasteiger partial charge in [0, 0.05) is 29.2 Å². The van der Waals surface area contributed by atoms with Gasteiger partial charge in [-0.05, 0) is 43.3 Å². The Labute approximate surface area is 150 Å². The molecule has 0 aromatic heterocycles. The van der Waals surface area contributed by atoms with E-state index in [0.717, 1.165) is 0 Å². The SMILES string of the molecule is CC(=O)c1ccccc1NC(=O)C1CC(=O)N(c2ccc(Cl)cc2)C1. The maximum absolute atomic E-state index is 12.5. The molecule has 1 fully saturated rings. The van der Waals surface area contributed by atoms with Crippen LogP contribution in [0, 0.1) is 5.92 Å². The summed E-state index contributed by atoms with van der Waals surface area (Å²) in [5.74, 6) is -0.967. The number of Topliss-reactive ketones (excluding diaryl/α,β-unsaturated/α-hetero) is 1. The fourth-order valence-corrected chi connectivity index (χ4v) is 3.01. The van der Waals surface area contributed by atoms with Crippen LogP contribution in [0.4, 0.5) is 11.4 Å². The summed E-state index contributed by atoms with van der Waals surface area (Å²) < 4.78 is 0. The summed E-state index contributed by atoms with van der Waals surface area (Å²) in [6, 6.07) is 13.8. The van der Waals surface area contributed by atoms with Gasteiger partial charge in [-0.25, -0.2) is 0 Å². The van der Waals surface area contributed by atoms with Crippen LogP contribution in [-0.2, 0) is 9.59 Å². The zero-order chi connectivity index (χ0) is 18.0. The molecule has 25 heavy (non-hydrogen) atoms. The van der Waals surface area contributed by atoms with Crippen molar-refractivity contribution in [2.24, 2.45) is 5.92 Å². The summed E-state index contributed by atoms with van der Waals surface area (Å²) in [5, 5.41) is 3.36. The molecule has 2 aromatic rings. The predicted molar refractivity (Wildman–Crippen MR) is 97.0 cm³/mol. The Morgan fingerprint density at radius 2 is 1.80 bits per heavy atom. The van der Waals surface area contributed by atoms with E-state index in [4.69, 9.17) is 11.6 Å². The van der Waals surface area contributed by atoms with E-state index in [1.54, 1.807) is 53.4 Å². The first-order chi connectivity index (χ1) is 12.0. The minimum absolute atomic E-state index is 0.109. The molecule has 128 valence electrons. The van der Waals surface area contributed by atoms with E-state index < -0.39 is 5.92 Å². The average Bonchev–Trinajstić information content (AvgIpc) is 2.98. The van der Waals surface area contributed by atoms with Gasteiger partial charge >= 0.3 is 0 Å². The number of nitrogens with one attached hydrogen (secondary N) is 1. The Balaban J connectivity index is 1.73. The average molecular weight is 357 g/mol. The molecule has 2 amide bonds. The molecular formula is C19H17ClN2O3. The van der Waals surface area contributed by atoms with Gasteiger partial charge in [-0.3, -0.25) is 14.4 Å². The third-order valence-electron chi connectivity index (χ3n) is 4.20. The molecule has 0 bridgehead atoms. The number of para-hydroxylation sites is 1. The molecule has 1 heterocycles. The van der Waals surface area contributed by atoms with E-state index in [9.17, 15) is 14.4 Å². The monoisotopic (exact) mass is 356 g/mol. The lowest BCUT2D eigenvalue weighted by Gasteiger charge is -2.17. The second-order valence-electron chi connectivity index (χ2n) is 5.97. The summed E-state index contributed by atoms with van der Waals surface area (Å²) in [5.41, 5.74) is 1.64. The van der Waals surface area contributed by atoms with Crippen molar-refractivity contribution in [2.75, 3.05) is 16.8 Å². The van der Waals surface area contributed by atoms with Crippen LogP contribution in [0.2, 0.25) is 5.02 Å². The van der Waals surface area contributed by atoms with Crippen molar-refractivity contribution in [1.29, 1.82) is 0 Å². The topological polar surface area (TPSA) is 66.5 Å². The van der Waals surface area contributed by atoms with Gasteiger partial charge in [0.1, 0.15) is 0 Å². The van der Waals surface area contributed by atoms with Gasteiger partial charge in [-0.1, -0.05) is 23.7 Å². The molecule has 0 spiro atoms. The van der Waals surface area contributed by atoms with E-state index in [1.807, 2.05) is 0 Å². The highest BCUT2D eigenvalue weighted by Crippen LogP contribution is 2.27. The third-order valence-corrected chi connectivity index (χ3v) is 4.45. The van der Waals surface area contributed by atoms with Crippen molar-refractivity contribution >= 4 is 40.6 Å².